The summed E-state index contributed by atoms with van der Waals surface area (Å²) in [6, 6.07) is 23.5. The molecule has 10 nitrogen and oxygen atoms in total. The second kappa shape index (κ2) is 11.5. The van der Waals surface area contributed by atoms with Gasteiger partial charge in [0.25, 0.3) is 11.6 Å². The van der Waals surface area contributed by atoms with Gasteiger partial charge in [-0.1, -0.05) is 54.2 Å². The van der Waals surface area contributed by atoms with E-state index in [1.807, 2.05) is 53.4 Å². The first-order valence-corrected chi connectivity index (χ1v) is 14.5. The molecular formula is C30H28N6O4S. The summed E-state index contributed by atoms with van der Waals surface area (Å²) in [6.45, 7) is 2.83. The number of aliphatic imine (C=N–C) groups is 2. The first-order valence-electron chi connectivity index (χ1n) is 13.5. The molecule has 3 aromatic carbocycles. The molecule has 11 heteroatoms. The van der Waals surface area contributed by atoms with Crippen LogP contribution in [0.5, 0.6) is 0 Å². The Kier molecular flexibility index (Phi) is 7.51. The molecule has 1 atom stereocenters. The number of amides is 2. The van der Waals surface area contributed by atoms with Crippen molar-refractivity contribution in [3.8, 4) is 0 Å². The number of para-hydroxylation sites is 2. The number of carbonyl (C=O) groups is 2. The van der Waals surface area contributed by atoms with Gasteiger partial charge >= 0.3 is 0 Å². The van der Waals surface area contributed by atoms with Crippen LogP contribution in [-0.4, -0.2) is 69.8 Å². The smallest absolute Gasteiger partial charge is 0.269 e. The average molecular weight is 569 g/mol. The summed E-state index contributed by atoms with van der Waals surface area (Å²) in [6.07, 6.45) is 0.558. The number of nitro groups is 1. The molecule has 0 N–H and O–H groups in total. The normalized spacial score (nSPS) is 18.0. The Morgan fingerprint density at radius 1 is 0.976 bits per heavy atom. The van der Waals surface area contributed by atoms with E-state index in [1.165, 1.54) is 28.8 Å². The Hall–Kier alpha value is -4.51. The Balaban J connectivity index is 1.12. The molecule has 1 fully saturated rings. The van der Waals surface area contributed by atoms with Gasteiger partial charge in [-0.2, -0.15) is 0 Å². The summed E-state index contributed by atoms with van der Waals surface area (Å²) >= 11 is 1.33. The number of fused-ring (bicyclic) bond motifs is 3. The average Bonchev–Trinajstić information content (AvgIpc) is 3.35. The van der Waals surface area contributed by atoms with Gasteiger partial charge in [0.05, 0.1) is 10.6 Å². The standard InChI is InChI=1S/C30H28N6O4S/c37-27(34-17-15-33(16-18-34)22-8-2-1-3-9-22)14-13-26-29(38)35-28(31-26)24-11-4-5-12-25(24)32-30(35)41-20-21-7-6-10-23(19-21)36(39)40/h1-12,19,26H,13-18,20H2. The van der Waals surface area contributed by atoms with E-state index in [-0.39, 0.29) is 23.9 Å². The highest BCUT2D eigenvalue weighted by atomic mass is 32.2. The van der Waals surface area contributed by atoms with Crippen LogP contribution < -0.4 is 4.90 Å². The minimum atomic E-state index is -0.672. The van der Waals surface area contributed by atoms with Crippen molar-refractivity contribution in [3.63, 3.8) is 0 Å². The first kappa shape index (κ1) is 26.7. The molecule has 0 aliphatic carbocycles. The van der Waals surface area contributed by atoms with Gasteiger partial charge in [-0.15, -0.1) is 0 Å². The number of thioether (sulfide) groups is 1. The number of hydrogen-bond acceptors (Lipinski definition) is 8. The maximum absolute atomic E-state index is 13.6. The van der Waals surface area contributed by atoms with Crippen molar-refractivity contribution in [2.45, 2.75) is 24.6 Å². The number of piperazine rings is 1. The van der Waals surface area contributed by atoms with E-state index in [9.17, 15) is 19.7 Å². The minimum Gasteiger partial charge on any atom is -0.368 e. The third kappa shape index (κ3) is 5.58. The summed E-state index contributed by atoms with van der Waals surface area (Å²) in [5, 5.41) is 11.7. The van der Waals surface area contributed by atoms with Crippen molar-refractivity contribution in [3.05, 3.63) is 100 Å². The van der Waals surface area contributed by atoms with Gasteiger partial charge in [0.15, 0.2) is 5.17 Å². The molecule has 6 rings (SSSR count). The number of non-ortho nitro benzene ring substituents is 1. The summed E-state index contributed by atoms with van der Waals surface area (Å²) < 4.78 is 0. The minimum absolute atomic E-state index is 0.0183. The van der Waals surface area contributed by atoms with Gasteiger partial charge in [-0.25, -0.2) is 9.89 Å². The molecule has 1 unspecified atom stereocenters. The molecular weight excluding hydrogens is 540 g/mol. The van der Waals surface area contributed by atoms with Crippen molar-refractivity contribution >= 4 is 51.6 Å². The Labute approximate surface area is 241 Å². The molecule has 0 radical (unpaired) electrons. The van der Waals surface area contributed by atoms with Crippen LogP contribution in [0.3, 0.4) is 0 Å². The van der Waals surface area contributed by atoms with Crippen LogP contribution in [0, 0.1) is 10.1 Å². The number of benzene rings is 3. The van der Waals surface area contributed by atoms with Crippen molar-refractivity contribution in [2.75, 3.05) is 31.1 Å². The van der Waals surface area contributed by atoms with Crippen molar-refractivity contribution in [1.82, 2.24) is 9.80 Å². The summed E-state index contributed by atoms with van der Waals surface area (Å²) in [4.78, 5) is 52.6. The maximum atomic E-state index is 13.6. The third-order valence-corrected chi connectivity index (χ3v) is 8.43. The van der Waals surface area contributed by atoms with E-state index >= 15 is 0 Å². The highest BCUT2D eigenvalue weighted by Gasteiger charge is 2.41. The van der Waals surface area contributed by atoms with E-state index in [4.69, 9.17) is 9.98 Å². The van der Waals surface area contributed by atoms with Crippen molar-refractivity contribution < 1.29 is 14.5 Å². The number of nitrogens with zero attached hydrogens (tertiary/aromatic N) is 6. The fraction of sp³-hybridized carbons (Fsp3) is 0.267. The van der Waals surface area contributed by atoms with E-state index < -0.39 is 11.0 Å². The van der Waals surface area contributed by atoms with Crippen molar-refractivity contribution in [2.24, 2.45) is 9.98 Å². The van der Waals surface area contributed by atoms with E-state index in [0.29, 0.717) is 42.0 Å². The maximum Gasteiger partial charge on any atom is 0.269 e. The van der Waals surface area contributed by atoms with E-state index in [1.54, 1.807) is 6.07 Å². The fourth-order valence-corrected chi connectivity index (χ4v) is 6.21. The Bertz CT molecular complexity index is 1550. The van der Waals surface area contributed by atoms with Crippen LogP contribution in [0.25, 0.3) is 0 Å². The summed E-state index contributed by atoms with van der Waals surface area (Å²) in [5.74, 6) is 0.764. The van der Waals surface area contributed by atoms with E-state index in [0.717, 1.165) is 29.9 Å². The number of anilines is 1. The predicted molar refractivity (Wildman–Crippen MR) is 160 cm³/mol. The van der Waals surface area contributed by atoms with Crippen LogP contribution in [0.2, 0.25) is 0 Å². The SMILES string of the molecule is O=C(CCC1N=C2c3ccccc3N=C(SCc3cccc([N+](=O)[O-])c3)N2C1=O)N1CCN(c2ccccc2)CC1. The lowest BCUT2D eigenvalue weighted by Crippen LogP contribution is -2.49. The zero-order valence-electron chi connectivity index (χ0n) is 22.3. The summed E-state index contributed by atoms with van der Waals surface area (Å²) in [7, 11) is 0. The molecule has 1 saturated heterocycles. The highest BCUT2D eigenvalue weighted by molar-refractivity contribution is 8.13. The Morgan fingerprint density at radius 2 is 1.73 bits per heavy atom. The van der Waals surface area contributed by atoms with Crippen LogP contribution in [-0.2, 0) is 15.3 Å². The second-order valence-electron chi connectivity index (χ2n) is 10.0. The molecule has 2 amide bonds. The predicted octanol–water partition coefficient (Wildman–Crippen LogP) is 4.62. The molecule has 3 aromatic rings. The zero-order chi connectivity index (χ0) is 28.3. The molecule has 0 bridgehead atoms. The lowest BCUT2D eigenvalue weighted by molar-refractivity contribution is -0.384. The first-order chi connectivity index (χ1) is 20.0. The number of hydrogen-bond donors (Lipinski definition) is 0. The zero-order valence-corrected chi connectivity index (χ0v) is 23.1. The van der Waals surface area contributed by atoms with Crippen LogP contribution >= 0.6 is 11.8 Å². The molecule has 0 spiro atoms. The van der Waals surface area contributed by atoms with Crippen LogP contribution in [0.15, 0.2) is 88.8 Å². The van der Waals surface area contributed by atoms with Crippen LogP contribution in [0.4, 0.5) is 17.1 Å². The van der Waals surface area contributed by atoms with Gasteiger partial charge in [-0.05, 0) is 36.2 Å². The second-order valence-corrected chi connectivity index (χ2v) is 11.0. The topological polar surface area (TPSA) is 112 Å². The number of rotatable bonds is 7. The molecule has 0 saturated carbocycles. The number of nitro benzene ring substituents is 1. The largest absolute Gasteiger partial charge is 0.368 e. The highest BCUT2D eigenvalue weighted by Crippen LogP contribution is 2.35. The van der Waals surface area contributed by atoms with Gasteiger partial charge in [0.2, 0.25) is 5.91 Å². The van der Waals surface area contributed by atoms with Gasteiger partial charge in [0.1, 0.15) is 11.9 Å². The lowest BCUT2D eigenvalue weighted by atomic mass is 10.1. The molecule has 3 aliphatic rings. The monoisotopic (exact) mass is 568 g/mol. The molecule has 208 valence electrons. The van der Waals surface area contributed by atoms with Gasteiger partial charge < -0.3 is 9.80 Å². The number of carbonyl (C=O) groups excluding carboxylic acids is 2. The Morgan fingerprint density at radius 3 is 2.51 bits per heavy atom. The number of amidine groups is 2. The molecule has 3 aliphatic heterocycles. The van der Waals surface area contributed by atoms with Gasteiger partial charge in [0, 0.05) is 61.7 Å². The van der Waals surface area contributed by atoms with Crippen molar-refractivity contribution in [1.29, 1.82) is 0 Å². The molecule has 41 heavy (non-hydrogen) atoms. The summed E-state index contributed by atoms with van der Waals surface area (Å²) in [5.41, 5.74) is 3.41. The fourth-order valence-electron chi connectivity index (χ4n) is 5.27. The lowest BCUT2D eigenvalue weighted by Gasteiger charge is -2.36. The quantitative estimate of drug-likeness (QED) is 0.304. The molecule has 3 heterocycles. The molecule has 0 aromatic heterocycles. The van der Waals surface area contributed by atoms with Crippen LogP contribution in [0.1, 0.15) is 24.0 Å². The van der Waals surface area contributed by atoms with Gasteiger partial charge in [-0.3, -0.25) is 24.7 Å². The van der Waals surface area contributed by atoms with E-state index in [2.05, 4.69) is 17.0 Å². The third-order valence-electron chi connectivity index (χ3n) is 7.42.